The van der Waals surface area contributed by atoms with Crippen LogP contribution < -0.4 is 0 Å². The highest BCUT2D eigenvalue weighted by atomic mass is 32.2. The Kier molecular flexibility index (Phi) is 2.38. The summed E-state index contributed by atoms with van der Waals surface area (Å²) in [6, 6.07) is 0. The van der Waals surface area contributed by atoms with Crippen LogP contribution in [0.15, 0.2) is 0 Å². The van der Waals surface area contributed by atoms with Crippen LogP contribution in [0.3, 0.4) is 0 Å². The van der Waals surface area contributed by atoms with Crippen LogP contribution in [0.2, 0.25) is 0 Å². The average Bonchev–Trinajstić information content (AvgIpc) is 1.77. The Labute approximate surface area is 66.2 Å². The molecule has 0 radical (unpaired) electrons. The van der Waals surface area contributed by atoms with E-state index in [0.717, 1.165) is 5.25 Å². The molecule has 1 rings (SSSR count). The Balaban J connectivity index is 2.49. The fourth-order valence-corrected chi connectivity index (χ4v) is 3.49. The van der Waals surface area contributed by atoms with E-state index < -0.39 is 0 Å². The second kappa shape index (κ2) is 2.75. The molecule has 2 heteroatoms. The molecule has 1 aliphatic rings. The zero-order valence-corrected chi connectivity index (χ0v) is 7.94. The summed E-state index contributed by atoms with van der Waals surface area (Å²) < 4.78 is 0.517. The van der Waals surface area contributed by atoms with Gasteiger partial charge in [0.2, 0.25) is 0 Å². The van der Waals surface area contributed by atoms with Crippen LogP contribution in [0.25, 0.3) is 0 Å². The zero-order chi connectivity index (χ0) is 6.91. The van der Waals surface area contributed by atoms with E-state index in [1.807, 2.05) is 0 Å². The molecule has 0 bridgehead atoms. The van der Waals surface area contributed by atoms with Crippen molar-refractivity contribution in [2.45, 2.75) is 30.8 Å². The Morgan fingerprint density at radius 2 is 2.00 bits per heavy atom. The first-order valence-electron chi connectivity index (χ1n) is 3.38. The quantitative estimate of drug-likeness (QED) is 0.537. The van der Waals surface area contributed by atoms with Crippen molar-refractivity contribution >= 4 is 23.5 Å². The molecule has 0 spiro atoms. The van der Waals surface area contributed by atoms with E-state index >= 15 is 0 Å². The van der Waals surface area contributed by atoms with Crippen molar-refractivity contribution in [3.8, 4) is 0 Å². The molecule has 0 aromatic heterocycles. The molecule has 1 unspecified atom stereocenters. The van der Waals surface area contributed by atoms with Crippen LogP contribution in [-0.4, -0.2) is 21.5 Å². The lowest BCUT2D eigenvalue weighted by molar-refractivity contribution is 0.697. The second-order valence-electron chi connectivity index (χ2n) is 2.96. The van der Waals surface area contributed by atoms with E-state index in [2.05, 4.69) is 44.3 Å². The monoisotopic (exact) mass is 162 g/mol. The number of hydrogen-bond donors (Lipinski definition) is 0. The second-order valence-corrected chi connectivity index (χ2v) is 6.16. The molecule has 1 heterocycles. The van der Waals surface area contributed by atoms with Gasteiger partial charge in [-0.3, -0.25) is 0 Å². The summed E-state index contributed by atoms with van der Waals surface area (Å²) in [5.41, 5.74) is 0. The molecule has 0 amide bonds. The van der Waals surface area contributed by atoms with Crippen molar-refractivity contribution in [3.05, 3.63) is 0 Å². The molecule has 9 heavy (non-hydrogen) atoms. The smallest absolute Gasteiger partial charge is 0.0219 e. The standard InChI is InChI=1S/C7H14S2/c1-6-7(2,3)9-5-4-8-6/h6H,4-5H2,1-3H3. The third-order valence-corrected chi connectivity index (χ3v) is 5.35. The first-order chi connectivity index (χ1) is 4.13. The molecule has 0 aromatic rings. The largest absolute Gasteiger partial charge is 0.157 e. The van der Waals surface area contributed by atoms with Gasteiger partial charge in [-0.05, 0) is 13.8 Å². The van der Waals surface area contributed by atoms with E-state index in [1.165, 1.54) is 11.5 Å². The highest BCUT2D eigenvalue weighted by Crippen LogP contribution is 2.39. The van der Waals surface area contributed by atoms with Crippen molar-refractivity contribution < 1.29 is 0 Å². The lowest BCUT2D eigenvalue weighted by Crippen LogP contribution is -2.32. The van der Waals surface area contributed by atoms with Gasteiger partial charge >= 0.3 is 0 Å². The van der Waals surface area contributed by atoms with Crippen molar-refractivity contribution in [3.63, 3.8) is 0 Å². The number of thioether (sulfide) groups is 2. The Bertz CT molecular complexity index is 99.1. The van der Waals surface area contributed by atoms with Gasteiger partial charge in [-0.15, -0.1) is 0 Å². The molecule has 0 nitrogen and oxygen atoms in total. The fourth-order valence-electron chi connectivity index (χ4n) is 0.848. The van der Waals surface area contributed by atoms with Gasteiger partial charge in [-0.1, -0.05) is 6.92 Å². The van der Waals surface area contributed by atoms with Gasteiger partial charge in [0.05, 0.1) is 0 Å². The van der Waals surface area contributed by atoms with Crippen molar-refractivity contribution in [2.75, 3.05) is 11.5 Å². The maximum atomic E-state index is 2.34. The van der Waals surface area contributed by atoms with Gasteiger partial charge in [0.25, 0.3) is 0 Å². The highest BCUT2D eigenvalue weighted by Gasteiger charge is 2.29. The van der Waals surface area contributed by atoms with Crippen LogP contribution in [0.1, 0.15) is 20.8 Å². The van der Waals surface area contributed by atoms with Gasteiger partial charge in [-0.25, -0.2) is 0 Å². The molecule has 0 aliphatic carbocycles. The molecule has 0 aromatic carbocycles. The molecule has 0 saturated carbocycles. The topological polar surface area (TPSA) is 0 Å². The SMILES string of the molecule is CC1SCCSC1(C)C. The van der Waals surface area contributed by atoms with Crippen LogP contribution in [-0.2, 0) is 0 Å². The molecule has 1 atom stereocenters. The minimum absolute atomic E-state index is 0.517. The highest BCUT2D eigenvalue weighted by molar-refractivity contribution is 8.07. The third kappa shape index (κ3) is 1.81. The summed E-state index contributed by atoms with van der Waals surface area (Å²) in [5.74, 6) is 2.68. The van der Waals surface area contributed by atoms with Gasteiger partial charge in [0.15, 0.2) is 0 Å². The van der Waals surface area contributed by atoms with Crippen LogP contribution in [0.4, 0.5) is 0 Å². The van der Waals surface area contributed by atoms with Gasteiger partial charge in [-0.2, -0.15) is 23.5 Å². The van der Waals surface area contributed by atoms with E-state index in [4.69, 9.17) is 0 Å². The molecule has 0 N–H and O–H groups in total. The summed E-state index contributed by atoms with van der Waals surface area (Å²) in [6.45, 7) is 7.01. The lowest BCUT2D eigenvalue weighted by Gasteiger charge is -2.34. The molecule has 54 valence electrons. The Morgan fingerprint density at radius 1 is 1.33 bits per heavy atom. The Hall–Kier alpha value is 0.700. The predicted molar refractivity (Wildman–Crippen MR) is 48.5 cm³/mol. The summed E-state index contributed by atoms with van der Waals surface area (Å²) in [4.78, 5) is 0. The maximum Gasteiger partial charge on any atom is 0.0219 e. The van der Waals surface area contributed by atoms with Gasteiger partial charge < -0.3 is 0 Å². The molecule has 1 fully saturated rings. The lowest BCUT2D eigenvalue weighted by atomic mass is 10.1. The van der Waals surface area contributed by atoms with E-state index in [9.17, 15) is 0 Å². The summed E-state index contributed by atoms with van der Waals surface area (Å²) in [6.07, 6.45) is 0. The summed E-state index contributed by atoms with van der Waals surface area (Å²) >= 11 is 4.21. The third-order valence-electron chi connectivity index (χ3n) is 1.90. The van der Waals surface area contributed by atoms with Crippen LogP contribution in [0.5, 0.6) is 0 Å². The first-order valence-corrected chi connectivity index (χ1v) is 5.42. The molecule has 1 saturated heterocycles. The van der Waals surface area contributed by atoms with Gasteiger partial charge in [0, 0.05) is 21.5 Å². The van der Waals surface area contributed by atoms with E-state index in [1.54, 1.807) is 0 Å². The Morgan fingerprint density at radius 3 is 2.33 bits per heavy atom. The van der Waals surface area contributed by atoms with Crippen LogP contribution >= 0.6 is 23.5 Å². The molecular formula is C7H14S2. The van der Waals surface area contributed by atoms with Gasteiger partial charge in [0.1, 0.15) is 0 Å². The van der Waals surface area contributed by atoms with E-state index in [-0.39, 0.29) is 0 Å². The average molecular weight is 162 g/mol. The minimum atomic E-state index is 0.517. The number of rotatable bonds is 0. The minimum Gasteiger partial charge on any atom is -0.157 e. The summed E-state index contributed by atoms with van der Waals surface area (Å²) in [7, 11) is 0. The fraction of sp³-hybridized carbons (Fsp3) is 1.00. The van der Waals surface area contributed by atoms with Crippen molar-refractivity contribution in [1.82, 2.24) is 0 Å². The zero-order valence-electron chi connectivity index (χ0n) is 6.31. The van der Waals surface area contributed by atoms with Crippen molar-refractivity contribution in [1.29, 1.82) is 0 Å². The summed E-state index contributed by atoms with van der Waals surface area (Å²) in [5, 5.41) is 0.830. The predicted octanol–water partition coefficient (Wildman–Crippen LogP) is 2.63. The first kappa shape index (κ1) is 7.80. The number of hydrogen-bond acceptors (Lipinski definition) is 2. The van der Waals surface area contributed by atoms with E-state index in [0.29, 0.717) is 4.75 Å². The maximum absolute atomic E-state index is 2.34. The van der Waals surface area contributed by atoms with Crippen LogP contribution in [0, 0.1) is 0 Å². The molecular weight excluding hydrogens is 148 g/mol. The molecule has 1 aliphatic heterocycles. The van der Waals surface area contributed by atoms with Crippen molar-refractivity contribution in [2.24, 2.45) is 0 Å². The normalized spacial score (nSPS) is 34.3.